The lowest BCUT2D eigenvalue weighted by molar-refractivity contribution is 0.0950. The summed E-state index contributed by atoms with van der Waals surface area (Å²) in [4.78, 5) is 11.8. The Balaban J connectivity index is 2.74. The van der Waals surface area contributed by atoms with E-state index in [9.17, 15) is 4.79 Å². The number of benzene rings is 1. The smallest absolute Gasteiger partial charge is 0.251 e. The van der Waals surface area contributed by atoms with Crippen molar-refractivity contribution in [3.63, 3.8) is 0 Å². The zero-order valence-electron chi connectivity index (χ0n) is 9.25. The Morgan fingerprint density at radius 3 is 2.94 bits per heavy atom. The molecule has 1 unspecified atom stereocenters. The third kappa shape index (κ3) is 3.35. The molecule has 1 aromatic carbocycles. The molecule has 3 nitrogen and oxygen atoms in total. The van der Waals surface area contributed by atoms with E-state index in [4.69, 9.17) is 5.26 Å². The Hall–Kier alpha value is -1.34. The van der Waals surface area contributed by atoms with Crippen LogP contribution in [-0.2, 0) is 0 Å². The minimum atomic E-state index is -0.170. The van der Waals surface area contributed by atoms with Gasteiger partial charge in [0.25, 0.3) is 5.91 Å². The molecule has 0 saturated heterocycles. The summed E-state index contributed by atoms with van der Waals surface area (Å²) in [5.41, 5.74) is 1.56. The summed E-state index contributed by atoms with van der Waals surface area (Å²) < 4.78 is 0.872. The van der Waals surface area contributed by atoms with Crippen molar-refractivity contribution in [2.24, 2.45) is 5.92 Å². The Morgan fingerprint density at radius 2 is 2.31 bits per heavy atom. The van der Waals surface area contributed by atoms with Crippen LogP contribution in [0.2, 0.25) is 0 Å². The SMILES string of the molecule is Cc1ccc(Br)cc1C(=O)NCC(C)C#N. The summed E-state index contributed by atoms with van der Waals surface area (Å²) in [6, 6.07) is 7.63. The highest BCUT2D eigenvalue weighted by Crippen LogP contribution is 2.15. The van der Waals surface area contributed by atoms with Crippen molar-refractivity contribution in [1.29, 1.82) is 5.26 Å². The van der Waals surface area contributed by atoms with E-state index in [1.807, 2.05) is 19.1 Å². The molecule has 0 aliphatic rings. The van der Waals surface area contributed by atoms with Crippen LogP contribution in [0.15, 0.2) is 22.7 Å². The summed E-state index contributed by atoms with van der Waals surface area (Å²) in [5.74, 6) is -0.308. The lowest BCUT2D eigenvalue weighted by atomic mass is 10.1. The van der Waals surface area contributed by atoms with E-state index in [-0.39, 0.29) is 11.8 Å². The van der Waals surface area contributed by atoms with Crippen LogP contribution >= 0.6 is 15.9 Å². The largest absolute Gasteiger partial charge is 0.351 e. The van der Waals surface area contributed by atoms with E-state index < -0.39 is 0 Å². The standard InChI is InChI=1S/C12H13BrN2O/c1-8(6-14)7-15-12(16)11-5-10(13)4-3-9(11)2/h3-5,8H,7H2,1-2H3,(H,15,16). The van der Waals surface area contributed by atoms with Gasteiger partial charge in [-0.2, -0.15) is 5.26 Å². The van der Waals surface area contributed by atoms with Crippen molar-refractivity contribution >= 4 is 21.8 Å². The Labute approximate surface area is 104 Å². The third-order valence-electron chi connectivity index (χ3n) is 2.23. The zero-order valence-corrected chi connectivity index (χ0v) is 10.8. The van der Waals surface area contributed by atoms with Crippen LogP contribution in [0.25, 0.3) is 0 Å². The second-order valence-corrected chi connectivity index (χ2v) is 4.62. The van der Waals surface area contributed by atoms with Gasteiger partial charge in [-0.3, -0.25) is 4.79 Å². The quantitative estimate of drug-likeness (QED) is 0.926. The van der Waals surface area contributed by atoms with Gasteiger partial charge in [0.15, 0.2) is 0 Å². The molecule has 0 aromatic heterocycles. The summed E-state index contributed by atoms with van der Waals surface area (Å²) in [7, 11) is 0. The summed E-state index contributed by atoms with van der Waals surface area (Å²) in [6.07, 6.45) is 0. The van der Waals surface area contributed by atoms with Crippen molar-refractivity contribution < 1.29 is 4.79 Å². The number of rotatable bonds is 3. The minimum absolute atomic E-state index is 0.138. The fourth-order valence-electron chi connectivity index (χ4n) is 1.23. The number of hydrogen-bond acceptors (Lipinski definition) is 2. The number of amides is 1. The van der Waals surface area contributed by atoms with Crippen LogP contribution in [0.4, 0.5) is 0 Å². The summed E-state index contributed by atoms with van der Waals surface area (Å²) in [5, 5.41) is 11.3. The van der Waals surface area contributed by atoms with Gasteiger partial charge >= 0.3 is 0 Å². The molecule has 0 bridgehead atoms. The van der Waals surface area contributed by atoms with Crippen molar-refractivity contribution in [1.82, 2.24) is 5.32 Å². The van der Waals surface area contributed by atoms with Crippen molar-refractivity contribution in [3.05, 3.63) is 33.8 Å². The molecule has 1 amide bonds. The molecule has 4 heteroatoms. The van der Waals surface area contributed by atoms with Crippen molar-refractivity contribution in [2.45, 2.75) is 13.8 Å². The highest BCUT2D eigenvalue weighted by molar-refractivity contribution is 9.10. The maximum absolute atomic E-state index is 11.8. The molecule has 84 valence electrons. The molecular formula is C12H13BrN2O. The maximum Gasteiger partial charge on any atom is 0.251 e. The molecule has 0 radical (unpaired) electrons. The minimum Gasteiger partial charge on any atom is -0.351 e. The predicted octanol–water partition coefficient (Wildman–Crippen LogP) is 2.65. The van der Waals surface area contributed by atoms with Crippen LogP contribution in [-0.4, -0.2) is 12.5 Å². The molecular weight excluding hydrogens is 268 g/mol. The Morgan fingerprint density at radius 1 is 1.62 bits per heavy atom. The second kappa shape index (κ2) is 5.66. The molecule has 1 atom stereocenters. The summed E-state index contributed by atoms with van der Waals surface area (Å²) in [6.45, 7) is 4.03. The number of carbonyl (C=O) groups excluding carboxylic acids is 1. The van der Waals surface area contributed by atoms with Crippen LogP contribution in [0.3, 0.4) is 0 Å². The Kier molecular flexibility index (Phi) is 4.51. The average molecular weight is 281 g/mol. The van der Waals surface area contributed by atoms with E-state index in [1.165, 1.54) is 0 Å². The number of nitrogens with zero attached hydrogens (tertiary/aromatic N) is 1. The maximum atomic E-state index is 11.8. The van der Waals surface area contributed by atoms with E-state index >= 15 is 0 Å². The number of hydrogen-bond donors (Lipinski definition) is 1. The van der Waals surface area contributed by atoms with Crippen molar-refractivity contribution in [2.75, 3.05) is 6.54 Å². The lowest BCUT2D eigenvalue weighted by Gasteiger charge is -2.08. The van der Waals surface area contributed by atoms with Gasteiger partial charge in [0, 0.05) is 16.6 Å². The van der Waals surface area contributed by atoms with Crippen LogP contribution < -0.4 is 5.32 Å². The first-order valence-corrected chi connectivity index (χ1v) is 5.78. The number of carbonyl (C=O) groups is 1. The average Bonchev–Trinajstić information content (AvgIpc) is 2.28. The first-order chi connectivity index (χ1) is 7.54. The third-order valence-corrected chi connectivity index (χ3v) is 2.73. The normalized spacial score (nSPS) is 11.6. The second-order valence-electron chi connectivity index (χ2n) is 3.70. The van der Waals surface area contributed by atoms with Crippen LogP contribution in [0.5, 0.6) is 0 Å². The van der Waals surface area contributed by atoms with Gasteiger partial charge in [-0.25, -0.2) is 0 Å². The van der Waals surface area contributed by atoms with E-state index in [2.05, 4.69) is 27.3 Å². The molecule has 1 rings (SSSR count). The molecule has 0 aliphatic carbocycles. The van der Waals surface area contributed by atoms with Gasteiger partial charge < -0.3 is 5.32 Å². The molecule has 1 N–H and O–H groups in total. The van der Waals surface area contributed by atoms with Gasteiger partial charge in [0.1, 0.15) is 0 Å². The Bertz CT molecular complexity index is 437. The van der Waals surface area contributed by atoms with E-state index in [0.717, 1.165) is 10.0 Å². The molecule has 1 aromatic rings. The number of aryl methyl sites for hydroxylation is 1. The molecule has 16 heavy (non-hydrogen) atoms. The number of nitriles is 1. The molecule has 0 aliphatic heterocycles. The monoisotopic (exact) mass is 280 g/mol. The van der Waals surface area contributed by atoms with Gasteiger partial charge in [-0.1, -0.05) is 22.0 Å². The highest BCUT2D eigenvalue weighted by Gasteiger charge is 2.10. The van der Waals surface area contributed by atoms with Crippen LogP contribution in [0, 0.1) is 24.2 Å². The van der Waals surface area contributed by atoms with Crippen LogP contribution in [0.1, 0.15) is 22.8 Å². The first kappa shape index (κ1) is 12.7. The number of halogens is 1. The molecule has 0 saturated carbocycles. The highest BCUT2D eigenvalue weighted by atomic mass is 79.9. The summed E-state index contributed by atoms with van der Waals surface area (Å²) >= 11 is 3.33. The van der Waals surface area contributed by atoms with Crippen molar-refractivity contribution in [3.8, 4) is 6.07 Å². The first-order valence-electron chi connectivity index (χ1n) is 4.98. The lowest BCUT2D eigenvalue weighted by Crippen LogP contribution is -2.28. The fraction of sp³-hybridized carbons (Fsp3) is 0.333. The van der Waals surface area contributed by atoms with Gasteiger partial charge in [0.2, 0.25) is 0 Å². The zero-order chi connectivity index (χ0) is 12.1. The van der Waals surface area contributed by atoms with Gasteiger partial charge in [-0.15, -0.1) is 0 Å². The van der Waals surface area contributed by atoms with Gasteiger partial charge in [0.05, 0.1) is 12.0 Å². The molecule has 0 fully saturated rings. The number of nitrogens with one attached hydrogen (secondary N) is 1. The van der Waals surface area contributed by atoms with E-state index in [1.54, 1.807) is 13.0 Å². The topological polar surface area (TPSA) is 52.9 Å². The van der Waals surface area contributed by atoms with Gasteiger partial charge in [-0.05, 0) is 31.5 Å². The van der Waals surface area contributed by atoms with E-state index in [0.29, 0.717) is 12.1 Å². The molecule has 0 spiro atoms. The molecule has 0 heterocycles. The fourth-order valence-corrected chi connectivity index (χ4v) is 1.59. The predicted molar refractivity (Wildman–Crippen MR) is 66.0 cm³/mol.